The third-order valence-electron chi connectivity index (χ3n) is 5.74. The first kappa shape index (κ1) is 15.8. The number of carbonyl (C=O) groups excluding carboxylic acids is 1. The largest absolute Gasteiger partial charge is 0.491 e. The highest BCUT2D eigenvalue weighted by Crippen LogP contribution is 2.47. The zero-order chi connectivity index (χ0) is 16.7. The molecule has 0 saturated carbocycles. The fourth-order valence-electron chi connectivity index (χ4n) is 4.29. The quantitative estimate of drug-likeness (QED) is 0.919. The van der Waals surface area contributed by atoms with Crippen molar-refractivity contribution in [3.8, 4) is 5.75 Å². The minimum Gasteiger partial charge on any atom is -0.491 e. The van der Waals surface area contributed by atoms with Gasteiger partial charge in [-0.3, -0.25) is 0 Å². The Hall–Kier alpha value is -1.75. The van der Waals surface area contributed by atoms with Gasteiger partial charge in [-0.1, -0.05) is 13.0 Å². The Kier molecular flexibility index (Phi) is 4.12. The van der Waals surface area contributed by atoms with Crippen molar-refractivity contribution in [1.29, 1.82) is 0 Å². The minimum absolute atomic E-state index is 0.00973. The van der Waals surface area contributed by atoms with E-state index in [2.05, 4.69) is 12.2 Å². The van der Waals surface area contributed by atoms with Gasteiger partial charge in [0.05, 0.1) is 18.3 Å². The molecule has 0 spiro atoms. The molecular formula is C19H26N2O3. The molecule has 5 nitrogen and oxygen atoms in total. The number of hydrogen-bond donors (Lipinski definition) is 1. The first-order chi connectivity index (χ1) is 11.6. The molecule has 1 aromatic rings. The Morgan fingerprint density at radius 3 is 2.71 bits per heavy atom. The number of anilines is 1. The summed E-state index contributed by atoms with van der Waals surface area (Å²) in [6, 6.07) is 7.64. The second kappa shape index (κ2) is 6.28. The molecule has 0 radical (unpaired) electrons. The number of fused-ring (bicyclic) bond motifs is 5. The summed E-state index contributed by atoms with van der Waals surface area (Å²) in [5, 5.41) is 3.02. The molecule has 1 aromatic carbocycles. The van der Waals surface area contributed by atoms with Gasteiger partial charge in [0.2, 0.25) is 0 Å². The topological polar surface area (TPSA) is 50.8 Å². The number of hydrogen-bond acceptors (Lipinski definition) is 3. The summed E-state index contributed by atoms with van der Waals surface area (Å²) < 4.78 is 11.8. The van der Waals surface area contributed by atoms with Crippen molar-refractivity contribution in [2.75, 3.05) is 18.4 Å². The van der Waals surface area contributed by atoms with Crippen LogP contribution in [0.1, 0.15) is 33.1 Å². The molecule has 1 N–H and O–H groups in total. The van der Waals surface area contributed by atoms with Crippen LogP contribution in [-0.2, 0) is 4.74 Å². The van der Waals surface area contributed by atoms with E-state index in [-0.39, 0.29) is 12.1 Å². The highest BCUT2D eigenvalue weighted by atomic mass is 16.5. The van der Waals surface area contributed by atoms with E-state index in [1.54, 1.807) is 0 Å². The lowest BCUT2D eigenvalue weighted by Gasteiger charge is -2.20. The minimum atomic E-state index is -0.00973. The first-order valence-corrected chi connectivity index (χ1v) is 9.12. The molecule has 2 amide bonds. The van der Waals surface area contributed by atoms with Gasteiger partial charge in [-0.2, -0.15) is 0 Å². The van der Waals surface area contributed by atoms with E-state index >= 15 is 0 Å². The van der Waals surface area contributed by atoms with Gasteiger partial charge in [0.25, 0.3) is 0 Å². The maximum absolute atomic E-state index is 12.6. The molecule has 3 aliphatic rings. The van der Waals surface area contributed by atoms with Gasteiger partial charge < -0.3 is 19.7 Å². The molecule has 3 saturated heterocycles. The molecule has 4 rings (SSSR count). The van der Waals surface area contributed by atoms with Gasteiger partial charge in [0.1, 0.15) is 5.75 Å². The molecule has 3 heterocycles. The lowest BCUT2D eigenvalue weighted by Crippen LogP contribution is -2.35. The van der Waals surface area contributed by atoms with Gasteiger partial charge in [-0.25, -0.2) is 4.79 Å². The SMILES string of the molecule is CC[C@H](C)Oc1cccc(NC(=O)N2C[C@@H]3[C@@H](C2)[C@H]2CC[C@H]3O2)c1. The molecule has 0 aromatic heterocycles. The van der Waals surface area contributed by atoms with Crippen LogP contribution in [0.25, 0.3) is 0 Å². The summed E-state index contributed by atoms with van der Waals surface area (Å²) in [5.41, 5.74) is 0.789. The third kappa shape index (κ3) is 2.86. The van der Waals surface area contributed by atoms with Crippen LogP contribution >= 0.6 is 0 Å². The number of rotatable bonds is 4. The maximum atomic E-state index is 12.6. The lowest BCUT2D eigenvalue weighted by molar-refractivity contribution is 0.0747. The van der Waals surface area contributed by atoms with Crippen molar-refractivity contribution in [1.82, 2.24) is 4.90 Å². The third-order valence-corrected chi connectivity index (χ3v) is 5.74. The number of amides is 2. The number of urea groups is 1. The zero-order valence-electron chi connectivity index (χ0n) is 14.4. The fourth-order valence-corrected chi connectivity index (χ4v) is 4.29. The predicted molar refractivity (Wildman–Crippen MR) is 92.3 cm³/mol. The summed E-state index contributed by atoms with van der Waals surface area (Å²) in [5.74, 6) is 1.87. The van der Waals surface area contributed by atoms with E-state index in [9.17, 15) is 4.79 Å². The molecule has 3 aliphatic heterocycles. The fraction of sp³-hybridized carbons (Fsp3) is 0.632. The monoisotopic (exact) mass is 330 g/mol. The van der Waals surface area contributed by atoms with E-state index in [1.807, 2.05) is 36.1 Å². The number of likely N-dealkylation sites (tertiary alicyclic amines) is 1. The number of nitrogens with one attached hydrogen (secondary N) is 1. The van der Waals surface area contributed by atoms with Crippen LogP contribution < -0.4 is 10.1 Å². The highest BCUT2D eigenvalue weighted by Gasteiger charge is 2.53. The number of carbonyl (C=O) groups is 1. The summed E-state index contributed by atoms with van der Waals surface area (Å²) >= 11 is 0. The smallest absolute Gasteiger partial charge is 0.321 e. The molecule has 5 atom stereocenters. The highest BCUT2D eigenvalue weighted by molar-refractivity contribution is 5.89. The van der Waals surface area contributed by atoms with Crippen LogP contribution in [-0.4, -0.2) is 42.3 Å². The Labute approximate surface area is 143 Å². The second-order valence-electron chi connectivity index (χ2n) is 7.32. The van der Waals surface area contributed by atoms with Gasteiger partial charge >= 0.3 is 6.03 Å². The van der Waals surface area contributed by atoms with E-state index in [1.165, 1.54) is 0 Å². The average molecular weight is 330 g/mol. The maximum Gasteiger partial charge on any atom is 0.321 e. The molecule has 3 fully saturated rings. The van der Waals surface area contributed by atoms with Gasteiger partial charge in [-0.05, 0) is 38.3 Å². The Balaban J connectivity index is 1.37. The van der Waals surface area contributed by atoms with Crippen molar-refractivity contribution in [3.63, 3.8) is 0 Å². The molecular weight excluding hydrogens is 304 g/mol. The normalized spacial score (nSPS) is 31.8. The van der Waals surface area contributed by atoms with Gasteiger partial charge in [0.15, 0.2) is 0 Å². The van der Waals surface area contributed by atoms with Crippen LogP contribution in [0, 0.1) is 11.8 Å². The Bertz CT molecular complexity index is 602. The summed E-state index contributed by atoms with van der Waals surface area (Å²) in [7, 11) is 0. The molecule has 0 aliphatic carbocycles. The second-order valence-corrected chi connectivity index (χ2v) is 7.32. The van der Waals surface area contributed by atoms with E-state index in [0.717, 1.165) is 43.8 Å². The van der Waals surface area contributed by atoms with Crippen LogP contribution in [0.5, 0.6) is 5.75 Å². The van der Waals surface area contributed by atoms with Crippen LogP contribution in [0.2, 0.25) is 0 Å². The van der Waals surface area contributed by atoms with Gasteiger partial charge in [0, 0.05) is 36.7 Å². The van der Waals surface area contributed by atoms with Crippen molar-refractivity contribution in [2.45, 2.75) is 51.4 Å². The summed E-state index contributed by atoms with van der Waals surface area (Å²) in [4.78, 5) is 14.6. The van der Waals surface area contributed by atoms with Crippen LogP contribution in [0.4, 0.5) is 10.5 Å². The average Bonchev–Trinajstić information content (AvgIpc) is 3.27. The number of nitrogens with zero attached hydrogens (tertiary/aromatic N) is 1. The molecule has 2 bridgehead atoms. The summed E-state index contributed by atoms with van der Waals surface area (Å²) in [6.07, 6.45) is 4.21. The molecule has 0 unspecified atom stereocenters. The Morgan fingerprint density at radius 1 is 1.33 bits per heavy atom. The zero-order valence-corrected chi connectivity index (χ0v) is 14.4. The lowest BCUT2D eigenvalue weighted by atomic mass is 9.82. The number of ether oxygens (including phenoxy) is 2. The summed E-state index contributed by atoms with van der Waals surface area (Å²) in [6.45, 7) is 5.78. The molecule has 130 valence electrons. The number of benzene rings is 1. The van der Waals surface area contributed by atoms with Gasteiger partial charge in [-0.15, -0.1) is 0 Å². The van der Waals surface area contributed by atoms with Crippen molar-refractivity contribution < 1.29 is 14.3 Å². The molecule has 5 heteroatoms. The van der Waals surface area contributed by atoms with Crippen LogP contribution in [0.15, 0.2) is 24.3 Å². The van der Waals surface area contributed by atoms with Crippen molar-refractivity contribution >= 4 is 11.7 Å². The van der Waals surface area contributed by atoms with Crippen LogP contribution in [0.3, 0.4) is 0 Å². The van der Waals surface area contributed by atoms with E-state index in [0.29, 0.717) is 24.0 Å². The van der Waals surface area contributed by atoms with Crippen molar-refractivity contribution in [3.05, 3.63) is 24.3 Å². The predicted octanol–water partition coefficient (Wildman–Crippen LogP) is 3.51. The first-order valence-electron chi connectivity index (χ1n) is 9.12. The van der Waals surface area contributed by atoms with E-state index in [4.69, 9.17) is 9.47 Å². The van der Waals surface area contributed by atoms with E-state index < -0.39 is 0 Å². The molecule has 24 heavy (non-hydrogen) atoms. The standard InChI is InChI=1S/C19H26N2O3/c1-3-12(2)23-14-6-4-5-13(9-14)20-19(22)21-10-15-16(11-21)18-8-7-17(15)24-18/h4-6,9,12,15-18H,3,7-8,10-11H2,1-2H3,(H,20,22)/t12-,15+,16+,17+,18+/m0/s1. The Morgan fingerprint density at radius 2 is 2.04 bits per heavy atom. The van der Waals surface area contributed by atoms with Crippen molar-refractivity contribution in [2.24, 2.45) is 11.8 Å².